The van der Waals surface area contributed by atoms with Crippen LogP contribution in [-0.4, -0.2) is 24.1 Å². The van der Waals surface area contributed by atoms with Crippen LogP contribution in [0.4, 0.5) is 5.13 Å². The molecule has 0 radical (unpaired) electrons. The van der Waals surface area contributed by atoms with Crippen LogP contribution in [0.5, 0.6) is 11.5 Å². The fourth-order valence-corrected chi connectivity index (χ4v) is 3.73. The first-order valence-corrected chi connectivity index (χ1v) is 8.52. The molecule has 0 bridgehead atoms. The number of hydrogen-bond acceptors (Lipinski definition) is 5. The average Bonchev–Trinajstić information content (AvgIpc) is 3.16. The van der Waals surface area contributed by atoms with Crippen molar-refractivity contribution in [2.45, 2.75) is 12.5 Å². The summed E-state index contributed by atoms with van der Waals surface area (Å²) < 4.78 is 11.8. The van der Waals surface area contributed by atoms with Gasteiger partial charge in [0.15, 0.2) is 11.2 Å². The average molecular weight is 361 g/mol. The molecule has 122 valence electrons. The van der Waals surface area contributed by atoms with Crippen LogP contribution in [0.25, 0.3) is 10.2 Å². The number of fused-ring (bicyclic) bond motifs is 2. The Morgan fingerprint density at radius 3 is 3.08 bits per heavy atom. The van der Waals surface area contributed by atoms with Crippen molar-refractivity contribution < 1.29 is 14.3 Å². The Morgan fingerprint density at radius 1 is 1.38 bits per heavy atom. The van der Waals surface area contributed by atoms with Crippen LogP contribution in [-0.2, 0) is 11.2 Å². The molecule has 4 rings (SSSR count). The Bertz CT molecular complexity index is 941. The molecule has 0 fully saturated rings. The minimum absolute atomic E-state index is 0.214. The summed E-state index contributed by atoms with van der Waals surface area (Å²) in [6, 6.07) is 11.0. The molecule has 1 aliphatic rings. The van der Waals surface area contributed by atoms with Gasteiger partial charge in [0.25, 0.3) is 5.91 Å². The van der Waals surface area contributed by atoms with Gasteiger partial charge in [-0.25, -0.2) is 4.98 Å². The molecule has 1 aromatic heterocycles. The summed E-state index contributed by atoms with van der Waals surface area (Å²) >= 11 is 7.38. The molecule has 5 nitrogen and oxygen atoms in total. The first kappa shape index (κ1) is 15.2. The van der Waals surface area contributed by atoms with Gasteiger partial charge in [0, 0.05) is 11.4 Å². The Balaban J connectivity index is 1.50. The highest BCUT2D eigenvalue weighted by molar-refractivity contribution is 7.22. The van der Waals surface area contributed by atoms with Gasteiger partial charge in [0.05, 0.1) is 17.3 Å². The minimum Gasteiger partial charge on any atom is -0.497 e. The minimum atomic E-state index is -0.569. The van der Waals surface area contributed by atoms with Crippen LogP contribution in [0.3, 0.4) is 0 Å². The van der Waals surface area contributed by atoms with E-state index in [1.807, 2.05) is 24.3 Å². The van der Waals surface area contributed by atoms with Crippen LogP contribution in [0.15, 0.2) is 36.4 Å². The number of thiazole rings is 1. The molecular formula is C17H13ClN2O3S. The number of nitrogens with one attached hydrogen (secondary N) is 1. The SMILES string of the molecule is COc1ccc2nc(NC(=O)C3Cc4cc(Cl)ccc4O3)sc2c1. The number of halogens is 1. The molecule has 24 heavy (non-hydrogen) atoms. The first-order chi connectivity index (χ1) is 11.6. The van der Waals surface area contributed by atoms with Gasteiger partial charge in [0.1, 0.15) is 11.5 Å². The molecular weight excluding hydrogens is 348 g/mol. The third kappa shape index (κ3) is 2.79. The maximum atomic E-state index is 12.4. The van der Waals surface area contributed by atoms with Crippen molar-refractivity contribution in [2.75, 3.05) is 12.4 Å². The largest absolute Gasteiger partial charge is 0.497 e. The molecule has 1 aliphatic heterocycles. The van der Waals surface area contributed by atoms with E-state index in [-0.39, 0.29) is 5.91 Å². The number of aromatic nitrogens is 1. The maximum Gasteiger partial charge on any atom is 0.267 e. The lowest BCUT2D eigenvalue weighted by Crippen LogP contribution is -2.31. The van der Waals surface area contributed by atoms with E-state index in [0.717, 1.165) is 21.5 Å². The second-order valence-electron chi connectivity index (χ2n) is 5.40. The number of hydrogen-bond donors (Lipinski definition) is 1. The van der Waals surface area contributed by atoms with E-state index in [2.05, 4.69) is 10.3 Å². The van der Waals surface area contributed by atoms with Crippen molar-refractivity contribution in [3.05, 3.63) is 47.0 Å². The van der Waals surface area contributed by atoms with E-state index in [9.17, 15) is 4.79 Å². The van der Waals surface area contributed by atoms with E-state index < -0.39 is 6.10 Å². The zero-order chi connectivity index (χ0) is 16.7. The summed E-state index contributed by atoms with van der Waals surface area (Å²) in [6.45, 7) is 0. The maximum absolute atomic E-state index is 12.4. The summed E-state index contributed by atoms with van der Waals surface area (Å²) in [5.74, 6) is 1.25. The Hall–Kier alpha value is -2.31. The third-order valence-electron chi connectivity index (χ3n) is 3.82. The predicted molar refractivity (Wildman–Crippen MR) is 94.4 cm³/mol. The first-order valence-electron chi connectivity index (χ1n) is 7.33. The van der Waals surface area contributed by atoms with E-state index >= 15 is 0 Å². The molecule has 0 saturated heterocycles. The highest BCUT2D eigenvalue weighted by Crippen LogP contribution is 2.33. The molecule has 3 aromatic rings. The summed E-state index contributed by atoms with van der Waals surface area (Å²) in [7, 11) is 1.62. The lowest BCUT2D eigenvalue weighted by molar-refractivity contribution is -0.122. The fourth-order valence-electron chi connectivity index (χ4n) is 2.63. The normalized spacial score (nSPS) is 15.8. The number of methoxy groups -OCH3 is 1. The van der Waals surface area contributed by atoms with E-state index in [1.54, 1.807) is 19.2 Å². The van der Waals surface area contributed by atoms with Crippen LogP contribution in [0.1, 0.15) is 5.56 Å². The summed E-state index contributed by atoms with van der Waals surface area (Å²) in [5, 5.41) is 4.01. The highest BCUT2D eigenvalue weighted by Gasteiger charge is 2.29. The number of carbonyl (C=O) groups is 1. The zero-order valence-electron chi connectivity index (χ0n) is 12.7. The molecule has 0 spiro atoms. The van der Waals surface area contributed by atoms with Crippen LogP contribution in [0, 0.1) is 0 Å². The van der Waals surface area contributed by atoms with Gasteiger partial charge >= 0.3 is 0 Å². The molecule has 1 N–H and O–H groups in total. The number of carbonyl (C=O) groups excluding carboxylic acids is 1. The van der Waals surface area contributed by atoms with Crippen molar-refractivity contribution in [3.8, 4) is 11.5 Å². The Kier molecular flexibility index (Phi) is 3.78. The lowest BCUT2D eigenvalue weighted by Gasteiger charge is -2.09. The van der Waals surface area contributed by atoms with Gasteiger partial charge < -0.3 is 9.47 Å². The number of amides is 1. The molecule has 1 unspecified atom stereocenters. The van der Waals surface area contributed by atoms with E-state index in [1.165, 1.54) is 11.3 Å². The topological polar surface area (TPSA) is 60.5 Å². The number of benzene rings is 2. The number of ether oxygens (including phenoxy) is 2. The smallest absolute Gasteiger partial charge is 0.267 e. The van der Waals surface area contributed by atoms with Gasteiger partial charge in [0.2, 0.25) is 0 Å². The summed E-state index contributed by atoms with van der Waals surface area (Å²) in [4.78, 5) is 16.9. The highest BCUT2D eigenvalue weighted by atomic mass is 35.5. The zero-order valence-corrected chi connectivity index (χ0v) is 14.3. The second-order valence-corrected chi connectivity index (χ2v) is 6.87. The van der Waals surface area contributed by atoms with Crippen molar-refractivity contribution in [1.29, 1.82) is 0 Å². The monoisotopic (exact) mass is 360 g/mol. The van der Waals surface area contributed by atoms with Crippen LogP contribution in [0.2, 0.25) is 5.02 Å². The van der Waals surface area contributed by atoms with Gasteiger partial charge in [-0.3, -0.25) is 10.1 Å². The van der Waals surface area contributed by atoms with Crippen molar-refractivity contribution in [2.24, 2.45) is 0 Å². The van der Waals surface area contributed by atoms with Gasteiger partial charge in [-0.2, -0.15) is 0 Å². The summed E-state index contributed by atoms with van der Waals surface area (Å²) in [6.07, 6.45) is -0.0690. The number of rotatable bonds is 3. The van der Waals surface area contributed by atoms with Crippen LogP contribution >= 0.6 is 22.9 Å². The quantitative estimate of drug-likeness (QED) is 0.769. The molecule has 1 atom stereocenters. The van der Waals surface area contributed by atoms with Gasteiger partial charge in [-0.15, -0.1) is 0 Å². The molecule has 0 saturated carbocycles. The second kappa shape index (κ2) is 5.96. The summed E-state index contributed by atoms with van der Waals surface area (Å²) in [5.41, 5.74) is 1.76. The molecule has 2 aromatic carbocycles. The fraction of sp³-hybridized carbons (Fsp3) is 0.176. The third-order valence-corrected chi connectivity index (χ3v) is 4.98. The molecule has 1 amide bonds. The molecule has 2 heterocycles. The Morgan fingerprint density at radius 2 is 2.25 bits per heavy atom. The number of nitrogens with zero attached hydrogens (tertiary/aromatic N) is 1. The van der Waals surface area contributed by atoms with E-state index in [4.69, 9.17) is 21.1 Å². The van der Waals surface area contributed by atoms with Gasteiger partial charge in [-0.1, -0.05) is 22.9 Å². The number of anilines is 1. The lowest BCUT2D eigenvalue weighted by atomic mass is 10.1. The van der Waals surface area contributed by atoms with Crippen molar-refractivity contribution in [3.63, 3.8) is 0 Å². The van der Waals surface area contributed by atoms with Crippen LogP contribution < -0.4 is 14.8 Å². The standard InChI is InChI=1S/C17H13ClN2O3S/c1-22-11-3-4-12-15(8-11)24-17(19-12)20-16(21)14-7-9-6-10(18)2-5-13(9)23-14/h2-6,8,14H,7H2,1H3,(H,19,20,21). The Labute approximate surface area is 147 Å². The van der Waals surface area contributed by atoms with Crippen molar-refractivity contribution in [1.82, 2.24) is 4.98 Å². The molecule has 0 aliphatic carbocycles. The van der Waals surface area contributed by atoms with Crippen molar-refractivity contribution >= 4 is 44.2 Å². The molecule has 7 heteroatoms. The van der Waals surface area contributed by atoms with E-state index in [0.29, 0.717) is 22.3 Å². The van der Waals surface area contributed by atoms with Gasteiger partial charge in [-0.05, 0) is 42.0 Å². The predicted octanol–water partition coefficient (Wildman–Crippen LogP) is 3.90.